The summed E-state index contributed by atoms with van der Waals surface area (Å²) in [5.74, 6) is 2.31. The first-order chi connectivity index (χ1) is 8.67. The first-order valence-corrected chi connectivity index (χ1v) is 6.17. The first kappa shape index (κ1) is 12.6. The van der Waals surface area contributed by atoms with Crippen molar-refractivity contribution in [3.63, 3.8) is 0 Å². The Morgan fingerprint density at radius 2 is 1.78 bits per heavy atom. The van der Waals surface area contributed by atoms with Crippen molar-refractivity contribution in [1.82, 2.24) is 9.97 Å². The van der Waals surface area contributed by atoms with Crippen molar-refractivity contribution in [1.29, 1.82) is 0 Å². The second-order valence-corrected chi connectivity index (χ2v) is 4.28. The molecule has 18 heavy (non-hydrogen) atoms. The molecule has 0 aliphatic carbocycles. The van der Waals surface area contributed by atoms with Gasteiger partial charge in [-0.1, -0.05) is 11.6 Å². The number of aromatic nitrogens is 2. The lowest BCUT2D eigenvalue weighted by Crippen LogP contribution is -2.04. The van der Waals surface area contributed by atoms with Crippen molar-refractivity contribution in [3.8, 4) is 0 Å². The fourth-order valence-corrected chi connectivity index (χ4v) is 1.71. The number of anilines is 3. The van der Waals surface area contributed by atoms with E-state index in [1.54, 1.807) is 0 Å². The van der Waals surface area contributed by atoms with Gasteiger partial charge in [0.15, 0.2) is 0 Å². The minimum absolute atomic E-state index is 0.716. The van der Waals surface area contributed by atoms with Crippen molar-refractivity contribution in [2.45, 2.75) is 13.8 Å². The Balaban J connectivity index is 2.20. The van der Waals surface area contributed by atoms with Crippen LogP contribution in [0, 0.1) is 6.92 Å². The molecule has 0 aliphatic heterocycles. The summed E-state index contributed by atoms with van der Waals surface area (Å²) >= 11 is 5.84. The lowest BCUT2D eigenvalue weighted by molar-refractivity contribution is 1.04. The summed E-state index contributed by atoms with van der Waals surface area (Å²) in [5, 5.41) is 7.11. The molecule has 0 aliphatic rings. The van der Waals surface area contributed by atoms with Gasteiger partial charge < -0.3 is 10.6 Å². The lowest BCUT2D eigenvalue weighted by Gasteiger charge is -2.09. The molecule has 4 nitrogen and oxygen atoms in total. The highest BCUT2D eigenvalue weighted by Crippen LogP contribution is 2.19. The molecule has 0 spiro atoms. The number of rotatable bonds is 4. The van der Waals surface area contributed by atoms with E-state index < -0.39 is 0 Å². The van der Waals surface area contributed by atoms with Crippen LogP contribution in [0.1, 0.15) is 12.7 Å². The third-order valence-corrected chi connectivity index (χ3v) is 2.56. The Bertz CT molecular complexity index is 525. The van der Waals surface area contributed by atoms with Gasteiger partial charge in [-0.05, 0) is 38.1 Å². The minimum Gasteiger partial charge on any atom is -0.370 e. The van der Waals surface area contributed by atoms with Gasteiger partial charge in [-0.15, -0.1) is 0 Å². The van der Waals surface area contributed by atoms with Crippen LogP contribution in [0.25, 0.3) is 0 Å². The van der Waals surface area contributed by atoms with Gasteiger partial charge in [0, 0.05) is 23.3 Å². The summed E-state index contributed by atoms with van der Waals surface area (Å²) in [6.07, 6.45) is 0. The van der Waals surface area contributed by atoms with Crippen LogP contribution in [0.3, 0.4) is 0 Å². The molecule has 2 aromatic rings. The topological polar surface area (TPSA) is 49.8 Å². The van der Waals surface area contributed by atoms with Gasteiger partial charge in [0.05, 0.1) is 0 Å². The minimum atomic E-state index is 0.716. The monoisotopic (exact) mass is 262 g/mol. The molecule has 1 aromatic heterocycles. The molecule has 0 saturated carbocycles. The highest BCUT2D eigenvalue weighted by molar-refractivity contribution is 6.30. The second-order valence-electron chi connectivity index (χ2n) is 3.85. The van der Waals surface area contributed by atoms with E-state index in [0.29, 0.717) is 5.02 Å². The summed E-state index contributed by atoms with van der Waals surface area (Å²) in [6.45, 7) is 4.73. The molecule has 1 heterocycles. The Labute approximate surface area is 111 Å². The number of nitrogens with zero attached hydrogens (tertiary/aromatic N) is 2. The predicted molar refractivity (Wildman–Crippen MR) is 75.7 cm³/mol. The summed E-state index contributed by atoms with van der Waals surface area (Å²) in [4.78, 5) is 8.63. The van der Waals surface area contributed by atoms with E-state index in [1.165, 1.54) is 0 Å². The van der Waals surface area contributed by atoms with Crippen LogP contribution in [0.5, 0.6) is 0 Å². The van der Waals surface area contributed by atoms with Gasteiger partial charge in [-0.25, -0.2) is 9.97 Å². The summed E-state index contributed by atoms with van der Waals surface area (Å²) in [7, 11) is 0. The standard InChI is InChI=1S/C13H15ClN4/c1-3-15-12-8-13(17-9(2)16-12)18-11-6-4-10(14)5-7-11/h4-8H,3H2,1-2H3,(H2,15,16,17,18). The van der Waals surface area contributed by atoms with Gasteiger partial charge in [0.25, 0.3) is 0 Å². The maximum Gasteiger partial charge on any atom is 0.136 e. The maximum atomic E-state index is 5.84. The average Bonchev–Trinajstić information content (AvgIpc) is 2.32. The van der Waals surface area contributed by atoms with Crippen LogP contribution in [0.2, 0.25) is 5.02 Å². The van der Waals surface area contributed by atoms with Crippen LogP contribution < -0.4 is 10.6 Å². The molecular formula is C13H15ClN4. The predicted octanol–water partition coefficient (Wildman–Crippen LogP) is 3.61. The van der Waals surface area contributed by atoms with Crippen LogP contribution in [0.15, 0.2) is 30.3 Å². The average molecular weight is 263 g/mol. The van der Waals surface area contributed by atoms with E-state index in [0.717, 1.165) is 29.7 Å². The number of nitrogens with one attached hydrogen (secondary N) is 2. The quantitative estimate of drug-likeness (QED) is 0.884. The first-order valence-electron chi connectivity index (χ1n) is 5.79. The number of halogens is 1. The normalized spacial score (nSPS) is 10.2. The molecule has 2 rings (SSSR count). The van der Waals surface area contributed by atoms with E-state index in [1.807, 2.05) is 44.2 Å². The van der Waals surface area contributed by atoms with Crippen LogP contribution in [-0.4, -0.2) is 16.5 Å². The largest absolute Gasteiger partial charge is 0.370 e. The summed E-state index contributed by atoms with van der Waals surface area (Å²) in [5.41, 5.74) is 0.944. The Hall–Kier alpha value is -1.81. The van der Waals surface area contributed by atoms with Crippen LogP contribution in [-0.2, 0) is 0 Å². The molecular weight excluding hydrogens is 248 g/mol. The van der Waals surface area contributed by atoms with Gasteiger partial charge in [0.2, 0.25) is 0 Å². The number of benzene rings is 1. The van der Waals surface area contributed by atoms with Gasteiger partial charge in [-0.2, -0.15) is 0 Å². The fraction of sp³-hybridized carbons (Fsp3) is 0.231. The van der Waals surface area contributed by atoms with Crippen LogP contribution >= 0.6 is 11.6 Å². The summed E-state index contributed by atoms with van der Waals surface area (Å²) in [6, 6.07) is 9.37. The fourth-order valence-electron chi connectivity index (χ4n) is 1.58. The lowest BCUT2D eigenvalue weighted by atomic mass is 10.3. The van der Waals surface area contributed by atoms with Crippen molar-refractivity contribution < 1.29 is 0 Å². The molecule has 0 radical (unpaired) electrons. The molecule has 94 valence electrons. The molecule has 0 amide bonds. The SMILES string of the molecule is CCNc1cc(Nc2ccc(Cl)cc2)nc(C)n1. The highest BCUT2D eigenvalue weighted by atomic mass is 35.5. The van der Waals surface area contributed by atoms with Crippen LogP contribution in [0.4, 0.5) is 17.3 Å². The zero-order valence-corrected chi connectivity index (χ0v) is 11.1. The number of aryl methyl sites for hydroxylation is 1. The Kier molecular flexibility index (Phi) is 3.99. The molecule has 2 N–H and O–H groups in total. The maximum absolute atomic E-state index is 5.84. The molecule has 0 atom stereocenters. The van der Waals surface area contributed by atoms with Crippen molar-refractivity contribution in [3.05, 3.63) is 41.2 Å². The van der Waals surface area contributed by atoms with E-state index >= 15 is 0 Å². The van der Waals surface area contributed by atoms with Crippen molar-refractivity contribution in [2.24, 2.45) is 0 Å². The van der Waals surface area contributed by atoms with Gasteiger partial charge in [0.1, 0.15) is 17.5 Å². The smallest absolute Gasteiger partial charge is 0.136 e. The third-order valence-electron chi connectivity index (χ3n) is 2.31. The van der Waals surface area contributed by atoms with E-state index in [9.17, 15) is 0 Å². The highest BCUT2D eigenvalue weighted by Gasteiger charge is 2.01. The van der Waals surface area contributed by atoms with E-state index in [-0.39, 0.29) is 0 Å². The van der Waals surface area contributed by atoms with Crippen molar-refractivity contribution in [2.75, 3.05) is 17.2 Å². The zero-order valence-electron chi connectivity index (χ0n) is 10.4. The Morgan fingerprint density at radius 3 is 2.44 bits per heavy atom. The molecule has 0 fully saturated rings. The molecule has 1 aromatic carbocycles. The van der Waals surface area contributed by atoms with E-state index in [2.05, 4.69) is 20.6 Å². The van der Waals surface area contributed by atoms with Gasteiger partial charge >= 0.3 is 0 Å². The number of hydrogen-bond acceptors (Lipinski definition) is 4. The summed E-state index contributed by atoms with van der Waals surface area (Å²) < 4.78 is 0. The molecule has 0 saturated heterocycles. The second kappa shape index (κ2) is 5.69. The van der Waals surface area contributed by atoms with E-state index in [4.69, 9.17) is 11.6 Å². The third kappa shape index (κ3) is 3.34. The zero-order chi connectivity index (χ0) is 13.0. The molecule has 5 heteroatoms. The number of hydrogen-bond donors (Lipinski definition) is 2. The molecule has 0 bridgehead atoms. The molecule has 0 unspecified atom stereocenters. The van der Waals surface area contributed by atoms with Crippen molar-refractivity contribution >= 4 is 28.9 Å². The van der Waals surface area contributed by atoms with Gasteiger partial charge in [-0.3, -0.25) is 0 Å². The Morgan fingerprint density at radius 1 is 1.11 bits per heavy atom.